The first kappa shape index (κ1) is 10.7. The molecule has 1 fully saturated rings. The number of carbonyl (C=O) groups excluding carboxylic acids is 2. The minimum atomic E-state index is -0.386. The van der Waals surface area contributed by atoms with E-state index in [1.54, 1.807) is 29.2 Å². The van der Waals surface area contributed by atoms with Crippen molar-refractivity contribution in [2.24, 2.45) is 0 Å². The van der Waals surface area contributed by atoms with Crippen molar-refractivity contribution >= 4 is 11.9 Å². The van der Waals surface area contributed by atoms with Gasteiger partial charge in [0.25, 0.3) is 5.91 Å². The molecular formula is C12H13NO3. The van der Waals surface area contributed by atoms with Gasteiger partial charge in [0.05, 0.1) is 12.7 Å². The number of hydrogen-bond donors (Lipinski definition) is 0. The van der Waals surface area contributed by atoms with Crippen molar-refractivity contribution in [3.63, 3.8) is 0 Å². The molecule has 4 heteroatoms. The number of ether oxygens (including phenoxy) is 1. The van der Waals surface area contributed by atoms with Crippen molar-refractivity contribution in [1.29, 1.82) is 0 Å². The van der Waals surface area contributed by atoms with E-state index in [1.807, 2.05) is 0 Å². The molecule has 0 bridgehead atoms. The van der Waals surface area contributed by atoms with Crippen molar-refractivity contribution in [1.82, 2.24) is 4.90 Å². The third kappa shape index (κ3) is 1.91. The summed E-state index contributed by atoms with van der Waals surface area (Å²) in [6.07, 6.45) is 1.08. The molecule has 0 radical (unpaired) electrons. The number of methoxy groups -OCH3 is 1. The molecule has 16 heavy (non-hydrogen) atoms. The lowest BCUT2D eigenvalue weighted by Gasteiger charge is -2.30. The molecule has 1 aromatic carbocycles. The number of benzene rings is 1. The van der Waals surface area contributed by atoms with Crippen molar-refractivity contribution in [2.75, 3.05) is 20.2 Å². The van der Waals surface area contributed by atoms with Crippen molar-refractivity contribution in [2.45, 2.75) is 6.42 Å². The molecule has 0 atom stereocenters. The first-order chi connectivity index (χ1) is 7.72. The molecule has 1 aliphatic rings. The van der Waals surface area contributed by atoms with E-state index >= 15 is 0 Å². The molecule has 1 heterocycles. The van der Waals surface area contributed by atoms with Crippen LogP contribution in [0.1, 0.15) is 27.1 Å². The molecule has 1 saturated heterocycles. The van der Waals surface area contributed by atoms with Gasteiger partial charge in [0.2, 0.25) is 0 Å². The lowest BCUT2D eigenvalue weighted by molar-refractivity contribution is 0.0597. The number of rotatable bonds is 2. The molecule has 2 rings (SSSR count). The monoisotopic (exact) mass is 219 g/mol. The highest BCUT2D eigenvalue weighted by molar-refractivity contribution is 5.96. The highest BCUT2D eigenvalue weighted by Gasteiger charge is 2.21. The molecule has 0 unspecified atom stereocenters. The molecule has 0 aromatic heterocycles. The Balaban J connectivity index is 2.12. The maximum Gasteiger partial charge on any atom is 0.337 e. The Morgan fingerprint density at radius 1 is 1.12 bits per heavy atom. The maximum atomic E-state index is 11.8. The van der Waals surface area contributed by atoms with E-state index in [2.05, 4.69) is 4.74 Å². The number of hydrogen-bond acceptors (Lipinski definition) is 3. The molecular weight excluding hydrogens is 206 g/mol. The Kier molecular flexibility index (Phi) is 2.90. The van der Waals surface area contributed by atoms with Gasteiger partial charge in [0.1, 0.15) is 0 Å². The zero-order valence-corrected chi connectivity index (χ0v) is 9.10. The third-order valence-corrected chi connectivity index (χ3v) is 2.70. The number of likely N-dealkylation sites (tertiary alicyclic amines) is 1. The van der Waals surface area contributed by atoms with Crippen LogP contribution in [0, 0.1) is 0 Å². The van der Waals surface area contributed by atoms with Crippen LogP contribution >= 0.6 is 0 Å². The summed E-state index contributed by atoms with van der Waals surface area (Å²) in [5, 5.41) is 0. The zero-order chi connectivity index (χ0) is 11.5. The van der Waals surface area contributed by atoms with Gasteiger partial charge in [-0.05, 0) is 30.7 Å². The highest BCUT2D eigenvalue weighted by atomic mass is 16.5. The Hall–Kier alpha value is -1.84. The van der Waals surface area contributed by atoms with E-state index in [9.17, 15) is 9.59 Å². The molecule has 1 aromatic rings. The molecule has 4 nitrogen and oxygen atoms in total. The average Bonchev–Trinajstić information content (AvgIpc) is 2.26. The van der Waals surface area contributed by atoms with E-state index in [-0.39, 0.29) is 11.9 Å². The average molecular weight is 219 g/mol. The van der Waals surface area contributed by atoms with Gasteiger partial charge < -0.3 is 9.64 Å². The second-order valence-corrected chi connectivity index (χ2v) is 3.71. The van der Waals surface area contributed by atoms with Crippen molar-refractivity contribution < 1.29 is 14.3 Å². The molecule has 0 aliphatic carbocycles. The van der Waals surface area contributed by atoms with Gasteiger partial charge in [0, 0.05) is 18.7 Å². The van der Waals surface area contributed by atoms with Crippen LogP contribution in [0.2, 0.25) is 0 Å². The van der Waals surface area contributed by atoms with Gasteiger partial charge >= 0.3 is 5.97 Å². The Bertz CT molecular complexity index is 407. The smallest absolute Gasteiger partial charge is 0.337 e. The van der Waals surface area contributed by atoms with E-state index < -0.39 is 0 Å². The Morgan fingerprint density at radius 3 is 2.12 bits per heavy atom. The number of amides is 1. The predicted octanol–water partition coefficient (Wildman–Crippen LogP) is 1.32. The molecule has 1 aliphatic heterocycles. The Labute approximate surface area is 93.8 Å². The molecule has 0 N–H and O–H groups in total. The molecule has 0 spiro atoms. The van der Waals surface area contributed by atoms with Gasteiger partial charge in [-0.1, -0.05) is 0 Å². The predicted molar refractivity (Wildman–Crippen MR) is 58.3 cm³/mol. The summed E-state index contributed by atoms with van der Waals surface area (Å²) in [6.45, 7) is 1.66. The van der Waals surface area contributed by atoms with E-state index in [0.29, 0.717) is 11.1 Å². The summed E-state index contributed by atoms with van der Waals surface area (Å²) in [4.78, 5) is 24.8. The van der Waals surface area contributed by atoms with Crippen LogP contribution in [0.25, 0.3) is 0 Å². The fourth-order valence-electron chi connectivity index (χ4n) is 1.57. The van der Waals surface area contributed by atoms with Crippen LogP contribution < -0.4 is 0 Å². The topological polar surface area (TPSA) is 46.6 Å². The highest BCUT2D eigenvalue weighted by Crippen LogP contribution is 2.13. The second-order valence-electron chi connectivity index (χ2n) is 3.71. The van der Waals surface area contributed by atoms with Gasteiger partial charge in [0.15, 0.2) is 0 Å². The lowest BCUT2D eigenvalue weighted by atomic mass is 10.1. The SMILES string of the molecule is COC(=O)c1ccc(C(=O)N2CCC2)cc1. The van der Waals surface area contributed by atoms with Crippen LogP contribution in [0.3, 0.4) is 0 Å². The van der Waals surface area contributed by atoms with Crippen LogP contribution in [-0.2, 0) is 4.74 Å². The third-order valence-electron chi connectivity index (χ3n) is 2.70. The normalized spacial score (nSPS) is 14.2. The fraction of sp³-hybridized carbons (Fsp3) is 0.333. The van der Waals surface area contributed by atoms with E-state index in [1.165, 1.54) is 7.11 Å². The molecule has 0 saturated carbocycles. The van der Waals surface area contributed by atoms with Gasteiger partial charge in [-0.2, -0.15) is 0 Å². The van der Waals surface area contributed by atoms with Crippen molar-refractivity contribution in [3.05, 3.63) is 35.4 Å². The zero-order valence-electron chi connectivity index (χ0n) is 9.10. The lowest BCUT2D eigenvalue weighted by Crippen LogP contribution is -2.41. The van der Waals surface area contributed by atoms with Crippen LogP contribution in [-0.4, -0.2) is 37.0 Å². The second kappa shape index (κ2) is 4.35. The molecule has 84 valence electrons. The first-order valence-corrected chi connectivity index (χ1v) is 5.20. The van der Waals surface area contributed by atoms with Gasteiger partial charge in [-0.25, -0.2) is 4.79 Å². The van der Waals surface area contributed by atoms with Gasteiger partial charge in [-0.3, -0.25) is 4.79 Å². The van der Waals surface area contributed by atoms with Crippen molar-refractivity contribution in [3.8, 4) is 0 Å². The minimum Gasteiger partial charge on any atom is -0.465 e. The number of nitrogens with zero attached hydrogens (tertiary/aromatic N) is 1. The van der Waals surface area contributed by atoms with E-state index in [0.717, 1.165) is 19.5 Å². The fourth-order valence-corrected chi connectivity index (χ4v) is 1.57. The summed E-state index contributed by atoms with van der Waals surface area (Å²) in [7, 11) is 1.33. The van der Waals surface area contributed by atoms with Gasteiger partial charge in [-0.15, -0.1) is 0 Å². The minimum absolute atomic E-state index is 0.0302. The quantitative estimate of drug-likeness (QED) is 0.705. The van der Waals surface area contributed by atoms with Crippen LogP contribution in [0.5, 0.6) is 0 Å². The first-order valence-electron chi connectivity index (χ1n) is 5.20. The van der Waals surface area contributed by atoms with E-state index in [4.69, 9.17) is 0 Å². The summed E-state index contributed by atoms with van der Waals surface area (Å²) in [5.74, 6) is -0.356. The van der Waals surface area contributed by atoms with Crippen LogP contribution in [0.4, 0.5) is 0 Å². The Morgan fingerprint density at radius 2 is 1.69 bits per heavy atom. The van der Waals surface area contributed by atoms with Crippen LogP contribution in [0.15, 0.2) is 24.3 Å². The molecule has 1 amide bonds. The largest absolute Gasteiger partial charge is 0.465 e. The number of esters is 1. The number of carbonyl (C=O) groups is 2. The summed E-state index contributed by atoms with van der Waals surface area (Å²) in [5.41, 5.74) is 1.08. The summed E-state index contributed by atoms with van der Waals surface area (Å²) < 4.78 is 4.58. The standard InChI is InChI=1S/C12H13NO3/c1-16-12(15)10-5-3-9(4-6-10)11(14)13-7-2-8-13/h3-6H,2,7-8H2,1H3. The summed E-state index contributed by atoms with van der Waals surface area (Å²) in [6, 6.07) is 6.54. The maximum absolute atomic E-state index is 11.8. The summed E-state index contributed by atoms with van der Waals surface area (Å²) >= 11 is 0.